The lowest BCUT2D eigenvalue weighted by Gasteiger charge is -2.22. The van der Waals surface area contributed by atoms with Crippen molar-refractivity contribution in [2.24, 2.45) is 0 Å². The van der Waals surface area contributed by atoms with Gasteiger partial charge in [0.05, 0.1) is 0 Å². The normalized spacial score (nSPS) is 14.2. The van der Waals surface area contributed by atoms with Crippen LogP contribution in [0.25, 0.3) is 0 Å². The highest BCUT2D eigenvalue weighted by Gasteiger charge is 2.21. The fraction of sp³-hybridized carbons (Fsp3) is 0.800. The number of nitrogens with zero attached hydrogens (tertiary/aromatic N) is 1. The predicted octanol–water partition coefficient (Wildman–Crippen LogP) is 2.10. The molecule has 0 aliphatic rings. The van der Waals surface area contributed by atoms with E-state index in [1.54, 1.807) is 21.6 Å². The van der Waals surface area contributed by atoms with E-state index in [2.05, 4.69) is 6.92 Å². The molecule has 16 heavy (non-hydrogen) atoms. The minimum atomic E-state index is -0.970. The van der Waals surface area contributed by atoms with E-state index in [0.717, 1.165) is 6.42 Å². The third kappa shape index (κ3) is 5.65. The van der Waals surface area contributed by atoms with Crippen molar-refractivity contribution in [2.75, 3.05) is 13.3 Å². The van der Waals surface area contributed by atoms with Gasteiger partial charge in [0.25, 0.3) is 0 Å². The number of amides is 1. The molecule has 6 heteroatoms. The molecule has 0 aliphatic carbocycles. The number of carbonyl (C=O) groups is 2. The molecule has 1 N–H and O–H groups in total. The molecule has 0 fully saturated rings. The molecule has 1 amide bonds. The SMILES string of the molecule is CSSC(C)CCC(=O)N(C)[C@@H](C)C(=O)O. The van der Waals surface area contributed by atoms with E-state index < -0.39 is 12.0 Å². The summed E-state index contributed by atoms with van der Waals surface area (Å²) in [6.07, 6.45) is 3.19. The van der Waals surface area contributed by atoms with Crippen molar-refractivity contribution in [3.05, 3.63) is 0 Å². The maximum Gasteiger partial charge on any atom is 0.326 e. The highest BCUT2D eigenvalue weighted by molar-refractivity contribution is 8.76. The second-order valence-electron chi connectivity index (χ2n) is 3.63. The zero-order valence-electron chi connectivity index (χ0n) is 10.1. The number of carboxylic acids is 1. The molecular formula is C10H19NO3S2. The van der Waals surface area contributed by atoms with Crippen LogP contribution in [0.2, 0.25) is 0 Å². The molecule has 0 aliphatic heterocycles. The van der Waals surface area contributed by atoms with Crippen LogP contribution in [0, 0.1) is 0 Å². The zero-order chi connectivity index (χ0) is 12.7. The van der Waals surface area contributed by atoms with Gasteiger partial charge in [-0.2, -0.15) is 0 Å². The number of aliphatic carboxylic acids is 1. The van der Waals surface area contributed by atoms with E-state index in [1.165, 1.54) is 18.9 Å². The van der Waals surface area contributed by atoms with Gasteiger partial charge in [-0.3, -0.25) is 4.79 Å². The van der Waals surface area contributed by atoms with E-state index in [9.17, 15) is 9.59 Å². The summed E-state index contributed by atoms with van der Waals surface area (Å²) in [6.45, 7) is 3.58. The first-order valence-corrected chi connectivity index (χ1v) is 7.70. The molecule has 2 atom stereocenters. The van der Waals surface area contributed by atoms with Gasteiger partial charge in [0.2, 0.25) is 5.91 Å². The quantitative estimate of drug-likeness (QED) is 0.714. The summed E-state index contributed by atoms with van der Waals surface area (Å²) in [5.74, 6) is -1.08. The minimum Gasteiger partial charge on any atom is -0.480 e. The maximum atomic E-state index is 11.6. The fourth-order valence-electron chi connectivity index (χ4n) is 1.10. The summed E-state index contributed by atoms with van der Waals surface area (Å²) in [5.41, 5.74) is 0. The number of hydrogen-bond acceptors (Lipinski definition) is 4. The highest BCUT2D eigenvalue weighted by Crippen LogP contribution is 2.26. The Morgan fingerprint density at radius 1 is 1.38 bits per heavy atom. The third-order valence-electron chi connectivity index (χ3n) is 2.36. The summed E-state index contributed by atoms with van der Waals surface area (Å²) in [5, 5.41) is 9.17. The number of carbonyl (C=O) groups excluding carboxylic acids is 1. The van der Waals surface area contributed by atoms with E-state index in [0.29, 0.717) is 11.7 Å². The van der Waals surface area contributed by atoms with E-state index in [4.69, 9.17) is 5.11 Å². The van der Waals surface area contributed by atoms with Gasteiger partial charge in [0, 0.05) is 18.7 Å². The lowest BCUT2D eigenvalue weighted by Crippen LogP contribution is -2.40. The van der Waals surface area contributed by atoms with Gasteiger partial charge in [-0.1, -0.05) is 28.5 Å². The largest absolute Gasteiger partial charge is 0.480 e. The Hall–Kier alpha value is -0.360. The average molecular weight is 265 g/mol. The molecular weight excluding hydrogens is 246 g/mol. The van der Waals surface area contributed by atoms with Crippen molar-refractivity contribution in [1.29, 1.82) is 0 Å². The Bertz CT molecular complexity index is 248. The molecule has 0 radical (unpaired) electrons. The Morgan fingerprint density at radius 2 is 1.94 bits per heavy atom. The van der Waals surface area contributed by atoms with E-state index >= 15 is 0 Å². The molecule has 0 aromatic heterocycles. The van der Waals surface area contributed by atoms with Crippen molar-refractivity contribution in [3.8, 4) is 0 Å². The van der Waals surface area contributed by atoms with Crippen molar-refractivity contribution in [1.82, 2.24) is 4.90 Å². The Morgan fingerprint density at radius 3 is 2.38 bits per heavy atom. The first-order valence-electron chi connectivity index (χ1n) is 5.08. The van der Waals surface area contributed by atoms with Gasteiger partial charge in [0.1, 0.15) is 6.04 Å². The lowest BCUT2D eigenvalue weighted by atomic mass is 10.2. The first-order chi connectivity index (χ1) is 7.40. The highest BCUT2D eigenvalue weighted by atomic mass is 33.1. The zero-order valence-corrected chi connectivity index (χ0v) is 11.7. The molecule has 0 rings (SSSR count). The van der Waals surface area contributed by atoms with Crippen molar-refractivity contribution >= 4 is 33.5 Å². The van der Waals surface area contributed by atoms with E-state index in [1.807, 2.05) is 6.26 Å². The van der Waals surface area contributed by atoms with Crippen LogP contribution in [0.1, 0.15) is 26.7 Å². The third-order valence-corrected chi connectivity index (χ3v) is 4.68. The molecule has 0 spiro atoms. The molecule has 0 aromatic carbocycles. The standard InChI is InChI=1S/C10H19NO3S2/c1-7(16-15-4)5-6-9(12)11(3)8(2)10(13)14/h7-8H,5-6H2,1-4H3,(H,13,14)/t7?,8-/m0/s1. The fourth-order valence-corrected chi connectivity index (χ4v) is 2.91. The van der Waals surface area contributed by atoms with Crippen LogP contribution >= 0.6 is 21.6 Å². The van der Waals surface area contributed by atoms with Gasteiger partial charge in [-0.25, -0.2) is 4.79 Å². The van der Waals surface area contributed by atoms with Gasteiger partial charge >= 0.3 is 5.97 Å². The van der Waals surface area contributed by atoms with Crippen LogP contribution in [-0.4, -0.2) is 46.5 Å². The first kappa shape index (κ1) is 15.6. The van der Waals surface area contributed by atoms with Crippen LogP contribution in [-0.2, 0) is 9.59 Å². The second kappa shape index (κ2) is 7.84. The lowest BCUT2D eigenvalue weighted by molar-refractivity contribution is -0.148. The Labute approximate surface area is 105 Å². The summed E-state index contributed by atoms with van der Waals surface area (Å²) >= 11 is 0. The minimum absolute atomic E-state index is 0.108. The predicted molar refractivity (Wildman–Crippen MR) is 69.7 cm³/mol. The Balaban J connectivity index is 4.01. The van der Waals surface area contributed by atoms with Crippen molar-refractivity contribution in [2.45, 2.75) is 38.0 Å². The molecule has 94 valence electrons. The molecule has 0 aromatic rings. The van der Waals surface area contributed by atoms with Crippen LogP contribution in [0.4, 0.5) is 0 Å². The molecule has 0 bridgehead atoms. The topological polar surface area (TPSA) is 57.6 Å². The van der Waals surface area contributed by atoms with Crippen LogP contribution in [0.3, 0.4) is 0 Å². The van der Waals surface area contributed by atoms with Crippen LogP contribution in [0.15, 0.2) is 0 Å². The smallest absolute Gasteiger partial charge is 0.326 e. The average Bonchev–Trinajstić information content (AvgIpc) is 2.24. The maximum absolute atomic E-state index is 11.6. The summed E-state index contributed by atoms with van der Waals surface area (Å²) < 4.78 is 0. The number of hydrogen-bond donors (Lipinski definition) is 1. The summed E-state index contributed by atoms with van der Waals surface area (Å²) in [6, 6.07) is -0.754. The van der Waals surface area contributed by atoms with E-state index in [-0.39, 0.29) is 5.91 Å². The van der Waals surface area contributed by atoms with Crippen molar-refractivity contribution < 1.29 is 14.7 Å². The van der Waals surface area contributed by atoms with Gasteiger partial charge in [0.15, 0.2) is 0 Å². The molecule has 0 saturated heterocycles. The van der Waals surface area contributed by atoms with Gasteiger partial charge in [-0.05, 0) is 19.6 Å². The number of rotatable bonds is 7. The number of likely N-dealkylation sites (N-methyl/N-ethyl adjacent to an activating group) is 1. The molecule has 4 nitrogen and oxygen atoms in total. The Kier molecular flexibility index (Phi) is 7.66. The van der Waals surface area contributed by atoms with Gasteiger partial charge < -0.3 is 10.0 Å². The van der Waals surface area contributed by atoms with Gasteiger partial charge in [-0.15, -0.1) is 0 Å². The van der Waals surface area contributed by atoms with Crippen molar-refractivity contribution in [3.63, 3.8) is 0 Å². The van der Waals surface area contributed by atoms with Crippen LogP contribution in [0.5, 0.6) is 0 Å². The molecule has 1 unspecified atom stereocenters. The van der Waals surface area contributed by atoms with Crippen LogP contribution < -0.4 is 0 Å². The molecule has 0 heterocycles. The molecule has 0 saturated carbocycles. The second-order valence-corrected chi connectivity index (χ2v) is 6.54. The monoisotopic (exact) mass is 265 g/mol. The summed E-state index contributed by atoms with van der Waals surface area (Å²) in [7, 11) is 4.94. The number of carboxylic acid groups (broad SMARTS) is 1. The summed E-state index contributed by atoms with van der Waals surface area (Å²) in [4.78, 5) is 23.6.